The molecule has 1 aromatic rings. The van der Waals surface area contributed by atoms with Gasteiger partial charge in [0.05, 0.1) is 31.3 Å². The summed E-state index contributed by atoms with van der Waals surface area (Å²) < 4.78 is 7.37. The highest BCUT2D eigenvalue weighted by Gasteiger charge is 2.26. The Morgan fingerprint density at radius 3 is 3.00 bits per heavy atom. The summed E-state index contributed by atoms with van der Waals surface area (Å²) in [5.41, 5.74) is 1.91. The minimum Gasteiger partial charge on any atom is -0.381 e. The topological polar surface area (TPSA) is 67.0 Å². The van der Waals surface area contributed by atoms with Crippen molar-refractivity contribution in [2.45, 2.75) is 25.3 Å². The van der Waals surface area contributed by atoms with Crippen molar-refractivity contribution in [1.82, 2.24) is 19.9 Å². The first-order valence-electron chi connectivity index (χ1n) is 6.24. The van der Waals surface area contributed by atoms with Gasteiger partial charge in [-0.25, -0.2) is 4.68 Å². The Labute approximate surface area is 107 Å². The number of hydrogen-bond donors (Lipinski definition) is 0. The summed E-state index contributed by atoms with van der Waals surface area (Å²) in [6.45, 7) is 3.22. The predicted octanol–water partition coefficient (Wildman–Crippen LogP) is 0.410. The molecule has 0 amide bonds. The van der Waals surface area contributed by atoms with Gasteiger partial charge >= 0.3 is 0 Å². The quantitative estimate of drug-likeness (QED) is 0.756. The maximum Gasteiger partial charge on any atom is 0.100 e. The largest absolute Gasteiger partial charge is 0.381 e. The van der Waals surface area contributed by atoms with E-state index >= 15 is 0 Å². The average Bonchev–Trinajstić information content (AvgIpc) is 2.95. The fraction of sp³-hybridized carbons (Fsp3) is 0.750. The van der Waals surface area contributed by atoms with E-state index in [1.807, 2.05) is 18.8 Å². The third-order valence-corrected chi connectivity index (χ3v) is 3.17. The van der Waals surface area contributed by atoms with Crippen LogP contribution >= 0.6 is 0 Å². The first-order chi connectivity index (χ1) is 8.72. The number of rotatable bonds is 5. The molecule has 2 rings (SSSR count). The lowest BCUT2D eigenvalue weighted by atomic mass is 10.0. The zero-order chi connectivity index (χ0) is 13.0. The number of nitriles is 1. The number of nitrogens with zero attached hydrogens (tertiary/aromatic N) is 5. The molecule has 0 bridgehead atoms. The lowest BCUT2D eigenvalue weighted by molar-refractivity contribution is 0.192. The van der Waals surface area contributed by atoms with Gasteiger partial charge in [0, 0.05) is 19.1 Å². The summed E-state index contributed by atoms with van der Waals surface area (Å²) in [6, 6.07) is 2.16. The van der Waals surface area contributed by atoms with Gasteiger partial charge in [-0.2, -0.15) is 5.26 Å². The van der Waals surface area contributed by atoms with Gasteiger partial charge in [0.25, 0.3) is 0 Å². The summed E-state index contributed by atoms with van der Waals surface area (Å²) in [7, 11) is 4.07. The van der Waals surface area contributed by atoms with E-state index in [4.69, 9.17) is 10.00 Å². The van der Waals surface area contributed by atoms with E-state index in [9.17, 15) is 0 Å². The molecule has 0 radical (unpaired) electrons. The Morgan fingerprint density at radius 1 is 1.56 bits per heavy atom. The van der Waals surface area contributed by atoms with Gasteiger partial charge in [-0.1, -0.05) is 5.21 Å². The van der Waals surface area contributed by atoms with Crippen LogP contribution in [0.5, 0.6) is 0 Å². The molecular weight excluding hydrogens is 230 g/mol. The minimum atomic E-state index is 0.327. The van der Waals surface area contributed by atoms with Crippen molar-refractivity contribution < 1.29 is 4.74 Å². The zero-order valence-electron chi connectivity index (χ0n) is 11.0. The van der Waals surface area contributed by atoms with Crippen LogP contribution in [0.2, 0.25) is 0 Å². The highest BCUT2D eigenvalue weighted by molar-refractivity contribution is 5.20. The van der Waals surface area contributed by atoms with E-state index in [1.165, 1.54) is 0 Å². The highest BCUT2D eigenvalue weighted by atomic mass is 16.5. The van der Waals surface area contributed by atoms with Crippen molar-refractivity contribution in [3.63, 3.8) is 0 Å². The van der Waals surface area contributed by atoms with Gasteiger partial charge in [-0.15, -0.1) is 5.10 Å². The Morgan fingerprint density at radius 2 is 2.39 bits per heavy atom. The van der Waals surface area contributed by atoms with Crippen molar-refractivity contribution in [3.05, 3.63) is 11.4 Å². The monoisotopic (exact) mass is 249 g/mol. The SMILES string of the molecule is CN(C)CCn1nnc(CC#N)c1C1CCOC1. The fourth-order valence-electron chi connectivity index (χ4n) is 2.21. The van der Waals surface area contributed by atoms with Crippen LogP contribution in [-0.4, -0.2) is 53.7 Å². The molecule has 1 aromatic heterocycles. The van der Waals surface area contributed by atoms with Crippen molar-refractivity contribution >= 4 is 0 Å². The molecule has 6 nitrogen and oxygen atoms in total. The summed E-state index contributed by atoms with van der Waals surface area (Å²) in [5, 5.41) is 17.2. The molecule has 2 heterocycles. The minimum absolute atomic E-state index is 0.327. The second-order valence-electron chi connectivity index (χ2n) is 4.84. The van der Waals surface area contributed by atoms with Gasteiger partial charge < -0.3 is 9.64 Å². The second-order valence-corrected chi connectivity index (χ2v) is 4.84. The van der Waals surface area contributed by atoms with Crippen LogP contribution in [0.15, 0.2) is 0 Å². The molecule has 1 atom stereocenters. The normalized spacial score (nSPS) is 19.3. The van der Waals surface area contributed by atoms with Crippen molar-refractivity contribution in [3.8, 4) is 6.07 Å². The smallest absolute Gasteiger partial charge is 0.100 e. The lowest BCUT2D eigenvalue weighted by Gasteiger charge is -2.14. The number of hydrogen-bond acceptors (Lipinski definition) is 5. The molecule has 0 aromatic carbocycles. The number of likely N-dealkylation sites (N-methyl/N-ethyl adjacent to an activating group) is 1. The Hall–Kier alpha value is -1.45. The first kappa shape index (κ1) is 13.0. The summed E-state index contributed by atoms with van der Waals surface area (Å²) in [6.07, 6.45) is 1.32. The van der Waals surface area contributed by atoms with Crippen LogP contribution in [0.1, 0.15) is 23.7 Å². The molecule has 0 saturated carbocycles. The van der Waals surface area contributed by atoms with Crippen molar-refractivity contribution in [2.75, 3.05) is 33.9 Å². The molecule has 0 N–H and O–H groups in total. The van der Waals surface area contributed by atoms with Crippen LogP contribution in [0.3, 0.4) is 0 Å². The van der Waals surface area contributed by atoms with Crippen LogP contribution in [-0.2, 0) is 17.7 Å². The second kappa shape index (κ2) is 5.94. The van der Waals surface area contributed by atoms with Crippen LogP contribution in [0.4, 0.5) is 0 Å². The van der Waals surface area contributed by atoms with Gasteiger partial charge in [-0.3, -0.25) is 0 Å². The summed E-state index contributed by atoms with van der Waals surface area (Å²) >= 11 is 0. The maximum atomic E-state index is 8.85. The van der Waals surface area contributed by atoms with Gasteiger partial charge in [0.1, 0.15) is 5.69 Å². The molecule has 0 aliphatic carbocycles. The number of ether oxygens (including phenoxy) is 1. The van der Waals surface area contributed by atoms with E-state index in [2.05, 4.69) is 21.3 Å². The third kappa shape index (κ3) is 2.86. The van der Waals surface area contributed by atoms with E-state index in [1.54, 1.807) is 0 Å². The third-order valence-electron chi connectivity index (χ3n) is 3.17. The molecule has 18 heavy (non-hydrogen) atoms. The Bertz CT molecular complexity index is 428. The molecular formula is C12H19N5O. The standard InChI is InChI=1S/C12H19N5O/c1-16(2)6-7-17-12(10-4-8-18-9-10)11(3-5-13)14-15-17/h10H,3-4,6-9H2,1-2H3. The van der Waals surface area contributed by atoms with E-state index < -0.39 is 0 Å². The van der Waals surface area contributed by atoms with Crippen molar-refractivity contribution in [1.29, 1.82) is 5.26 Å². The average molecular weight is 249 g/mol. The molecule has 0 spiro atoms. The van der Waals surface area contributed by atoms with Crippen molar-refractivity contribution in [2.24, 2.45) is 0 Å². The molecule has 1 unspecified atom stereocenters. The van der Waals surface area contributed by atoms with E-state index in [0.717, 1.165) is 37.5 Å². The predicted molar refractivity (Wildman–Crippen MR) is 66.1 cm³/mol. The molecule has 98 valence electrons. The van der Waals surface area contributed by atoms with Crippen LogP contribution in [0.25, 0.3) is 0 Å². The first-order valence-corrected chi connectivity index (χ1v) is 6.24. The maximum absolute atomic E-state index is 8.85. The molecule has 1 aliphatic heterocycles. The summed E-state index contributed by atoms with van der Waals surface area (Å²) in [5.74, 6) is 0.338. The van der Waals surface area contributed by atoms with Gasteiger partial charge in [0.2, 0.25) is 0 Å². The molecule has 1 fully saturated rings. The van der Waals surface area contributed by atoms with Gasteiger partial charge in [0.15, 0.2) is 0 Å². The zero-order valence-corrected chi connectivity index (χ0v) is 11.0. The molecule has 1 aliphatic rings. The molecule has 1 saturated heterocycles. The van der Waals surface area contributed by atoms with E-state index in [0.29, 0.717) is 18.9 Å². The Balaban J connectivity index is 2.20. The van der Waals surface area contributed by atoms with Crippen LogP contribution < -0.4 is 0 Å². The van der Waals surface area contributed by atoms with Gasteiger partial charge in [-0.05, 0) is 20.5 Å². The molecule has 6 heteroatoms. The fourth-order valence-corrected chi connectivity index (χ4v) is 2.21. The lowest BCUT2D eigenvalue weighted by Crippen LogP contribution is -2.21. The highest BCUT2D eigenvalue weighted by Crippen LogP contribution is 2.27. The number of aromatic nitrogens is 3. The Kier molecular flexibility index (Phi) is 4.28. The summed E-state index contributed by atoms with van der Waals surface area (Å²) in [4.78, 5) is 2.11. The van der Waals surface area contributed by atoms with Crippen LogP contribution in [0, 0.1) is 11.3 Å². The van der Waals surface area contributed by atoms with E-state index in [-0.39, 0.29) is 0 Å².